The second kappa shape index (κ2) is 7.91. The van der Waals surface area contributed by atoms with E-state index in [9.17, 15) is 9.59 Å². The summed E-state index contributed by atoms with van der Waals surface area (Å²) in [4.78, 5) is 23.1. The predicted molar refractivity (Wildman–Crippen MR) is 71.6 cm³/mol. The summed E-state index contributed by atoms with van der Waals surface area (Å²) in [5.41, 5.74) is 11.2. The molecular weight excluding hydrogens is 248 g/mol. The third kappa shape index (κ3) is 6.93. The van der Waals surface area contributed by atoms with E-state index in [2.05, 4.69) is 6.58 Å². The molecule has 4 N–H and O–H groups in total. The standard InChI is InChI=1S/C13H24N2O4/c1-7(2)11(14)18-10(16)6-9(5)13(17)19-12(15)8(3)4/h7-8,11-12H,5-6,14-15H2,1-4H3. The minimum atomic E-state index is -0.724. The molecule has 0 bridgehead atoms. The van der Waals surface area contributed by atoms with Gasteiger partial charge in [0.15, 0.2) is 12.5 Å². The van der Waals surface area contributed by atoms with Crippen LogP contribution in [0, 0.1) is 11.8 Å². The van der Waals surface area contributed by atoms with E-state index in [0.29, 0.717) is 0 Å². The number of carbonyl (C=O) groups is 2. The summed E-state index contributed by atoms with van der Waals surface area (Å²) in [6.45, 7) is 10.8. The van der Waals surface area contributed by atoms with Gasteiger partial charge in [-0.15, -0.1) is 0 Å². The van der Waals surface area contributed by atoms with E-state index >= 15 is 0 Å². The van der Waals surface area contributed by atoms with E-state index in [4.69, 9.17) is 20.9 Å². The zero-order chi connectivity index (χ0) is 15.2. The molecule has 6 nitrogen and oxygen atoms in total. The first kappa shape index (κ1) is 17.6. The number of hydrogen-bond acceptors (Lipinski definition) is 6. The van der Waals surface area contributed by atoms with Crippen molar-refractivity contribution in [3.63, 3.8) is 0 Å². The molecule has 0 aromatic heterocycles. The molecule has 0 saturated heterocycles. The van der Waals surface area contributed by atoms with Gasteiger partial charge in [0.2, 0.25) is 0 Å². The van der Waals surface area contributed by atoms with Crippen molar-refractivity contribution in [2.75, 3.05) is 0 Å². The van der Waals surface area contributed by atoms with Gasteiger partial charge < -0.3 is 9.47 Å². The molecule has 19 heavy (non-hydrogen) atoms. The summed E-state index contributed by atoms with van der Waals surface area (Å²) in [5.74, 6) is -1.32. The second-order valence-electron chi connectivity index (χ2n) is 5.09. The SMILES string of the molecule is C=C(CC(=O)OC(N)C(C)C)C(=O)OC(N)C(C)C. The Kier molecular flexibility index (Phi) is 7.33. The van der Waals surface area contributed by atoms with Gasteiger partial charge in [0.1, 0.15) is 0 Å². The zero-order valence-electron chi connectivity index (χ0n) is 12.0. The Balaban J connectivity index is 4.23. The average Bonchev–Trinajstić information content (AvgIpc) is 2.27. The summed E-state index contributed by atoms with van der Waals surface area (Å²) in [5, 5.41) is 0. The number of carbonyl (C=O) groups excluding carboxylic acids is 2. The summed E-state index contributed by atoms with van der Waals surface area (Å²) in [6.07, 6.45) is -1.68. The number of esters is 2. The Morgan fingerprint density at radius 3 is 1.84 bits per heavy atom. The fourth-order valence-electron chi connectivity index (χ4n) is 0.919. The van der Waals surface area contributed by atoms with Gasteiger partial charge >= 0.3 is 11.9 Å². The van der Waals surface area contributed by atoms with Crippen LogP contribution in [-0.2, 0) is 19.1 Å². The van der Waals surface area contributed by atoms with Crippen molar-refractivity contribution in [1.29, 1.82) is 0 Å². The zero-order valence-corrected chi connectivity index (χ0v) is 12.0. The van der Waals surface area contributed by atoms with Crippen LogP contribution in [0.4, 0.5) is 0 Å². The van der Waals surface area contributed by atoms with Crippen molar-refractivity contribution in [3.8, 4) is 0 Å². The van der Waals surface area contributed by atoms with E-state index in [1.807, 2.05) is 27.7 Å². The lowest BCUT2D eigenvalue weighted by atomic mass is 10.2. The maximum Gasteiger partial charge on any atom is 0.335 e. The summed E-state index contributed by atoms with van der Waals surface area (Å²) in [6, 6.07) is 0. The Morgan fingerprint density at radius 2 is 1.42 bits per heavy atom. The van der Waals surface area contributed by atoms with Gasteiger partial charge in [-0.05, 0) is 0 Å². The monoisotopic (exact) mass is 272 g/mol. The van der Waals surface area contributed by atoms with E-state index < -0.39 is 24.4 Å². The minimum Gasteiger partial charge on any atom is -0.446 e. The number of hydrogen-bond donors (Lipinski definition) is 2. The van der Waals surface area contributed by atoms with Gasteiger partial charge in [0, 0.05) is 17.4 Å². The maximum atomic E-state index is 11.6. The first-order valence-electron chi connectivity index (χ1n) is 6.24. The highest BCUT2D eigenvalue weighted by Gasteiger charge is 2.20. The highest BCUT2D eigenvalue weighted by Crippen LogP contribution is 2.09. The van der Waals surface area contributed by atoms with E-state index in [0.717, 1.165) is 0 Å². The molecule has 0 aromatic rings. The fraction of sp³-hybridized carbons (Fsp3) is 0.692. The largest absolute Gasteiger partial charge is 0.446 e. The highest BCUT2D eigenvalue weighted by atomic mass is 16.6. The van der Waals surface area contributed by atoms with Gasteiger partial charge in [-0.2, -0.15) is 0 Å². The van der Waals surface area contributed by atoms with Crippen LogP contribution in [0.5, 0.6) is 0 Å². The number of ether oxygens (including phenoxy) is 2. The first-order chi connectivity index (χ1) is 8.65. The van der Waals surface area contributed by atoms with Crippen LogP contribution in [0.15, 0.2) is 12.2 Å². The molecule has 0 saturated carbocycles. The van der Waals surface area contributed by atoms with Crippen LogP contribution in [0.25, 0.3) is 0 Å². The molecule has 0 radical (unpaired) electrons. The molecule has 0 heterocycles. The molecule has 0 rings (SSSR count). The molecule has 0 spiro atoms. The van der Waals surface area contributed by atoms with Crippen LogP contribution in [-0.4, -0.2) is 24.4 Å². The van der Waals surface area contributed by atoms with Crippen molar-refractivity contribution >= 4 is 11.9 Å². The van der Waals surface area contributed by atoms with E-state index in [1.54, 1.807) is 0 Å². The van der Waals surface area contributed by atoms with Crippen LogP contribution >= 0.6 is 0 Å². The van der Waals surface area contributed by atoms with Crippen molar-refractivity contribution in [1.82, 2.24) is 0 Å². The van der Waals surface area contributed by atoms with Gasteiger partial charge in [-0.25, -0.2) is 4.79 Å². The number of rotatable bonds is 7. The highest BCUT2D eigenvalue weighted by molar-refractivity contribution is 5.93. The number of nitrogens with two attached hydrogens (primary N) is 2. The van der Waals surface area contributed by atoms with Crippen LogP contribution < -0.4 is 11.5 Å². The Hall–Kier alpha value is -1.40. The molecule has 0 aliphatic carbocycles. The Labute approximate surface area is 114 Å². The summed E-state index contributed by atoms with van der Waals surface area (Å²) in [7, 11) is 0. The van der Waals surface area contributed by atoms with E-state index in [1.165, 1.54) is 0 Å². The Bertz CT molecular complexity index is 340. The molecule has 0 aliphatic heterocycles. The third-order valence-electron chi connectivity index (χ3n) is 2.47. The van der Waals surface area contributed by atoms with Crippen molar-refractivity contribution < 1.29 is 19.1 Å². The van der Waals surface area contributed by atoms with Crippen LogP contribution in [0.1, 0.15) is 34.1 Å². The maximum absolute atomic E-state index is 11.6. The lowest BCUT2D eigenvalue weighted by molar-refractivity contribution is -0.153. The minimum absolute atomic E-state index is 0.00136. The lowest BCUT2D eigenvalue weighted by Gasteiger charge is -2.18. The van der Waals surface area contributed by atoms with Crippen molar-refractivity contribution in [2.45, 2.75) is 46.6 Å². The smallest absolute Gasteiger partial charge is 0.335 e. The molecule has 2 atom stereocenters. The summed E-state index contributed by atoms with van der Waals surface area (Å²) >= 11 is 0. The van der Waals surface area contributed by atoms with Crippen molar-refractivity contribution in [3.05, 3.63) is 12.2 Å². The topological polar surface area (TPSA) is 105 Å². The van der Waals surface area contributed by atoms with Gasteiger partial charge in [0.05, 0.1) is 6.42 Å². The quantitative estimate of drug-likeness (QED) is 0.405. The second-order valence-corrected chi connectivity index (χ2v) is 5.09. The normalized spacial score (nSPS) is 14.1. The molecule has 0 aromatic carbocycles. The molecule has 6 heteroatoms. The molecular formula is C13H24N2O4. The van der Waals surface area contributed by atoms with Gasteiger partial charge in [0.25, 0.3) is 0 Å². The fourth-order valence-corrected chi connectivity index (χ4v) is 0.919. The third-order valence-corrected chi connectivity index (χ3v) is 2.47. The molecule has 2 unspecified atom stereocenters. The average molecular weight is 272 g/mol. The molecule has 110 valence electrons. The van der Waals surface area contributed by atoms with Gasteiger partial charge in [-0.3, -0.25) is 16.3 Å². The first-order valence-corrected chi connectivity index (χ1v) is 6.24. The predicted octanol–water partition coefficient (Wildman–Crippen LogP) is 0.901. The lowest BCUT2D eigenvalue weighted by Crippen LogP contribution is -2.34. The van der Waals surface area contributed by atoms with E-state index in [-0.39, 0.29) is 23.8 Å². The molecule has 0 amide bonds. The van der Waals surface area contributed by atoms with Crippen LogP contribution in [0.3, 0.4) is 0 Å². The summed E-state index contributed by atoms with van der Waals surface area (Å²) < 4.78 is 9.85. The van der Waals surface area contributed by atoms with Crippen LogP contribution in [0.2, 0.25) is 0 Å². The molecule has 0 aliphatic rings. The van der Waals surface area contributed by atoms with Crippen molar-refractivity contribution in [2.24, 2.45) is 23.3 Å². The molecule has 0 fully saturated rings. The Morgan fingerprint density at radius 1 is 1.00 bits per heavy atom. The van der Waals surface area contributed by atoms with Gasteiger partial charge in [-0.1, -0.05) is 34.3 Å².